The van der Waals surface area contributed by atoms with Gasteiger partial charge in [0, 0.05) is 10.1 Å². The van der Waals surface area contributed by atoms with Crippen molar-refractivity contribution in [1.82, 2.24) is 0 Å². The molecule has 2 heteroatoms. The van der Waals surface area contributed by atoms with Crippen molar-refractivity contribution < 1.29 is 9.47 Å². The molecular weight excluding hydrogens is 179 g/mol. The zero-order chi connectivity index (χ0) is 9.97. The van der Waals surface area contributed by atoms with Crippen LogP contribution in [-0.4, -0.2) is 0 Å². The highest BCUT2D eigenvalue weighted by Gasteiger charge is 2.00. The van der Waals surface area contributed by atoms with Crippen molar-refractivity contribution in [1.29, 1.82) is 0 Å². The number of fused-ring (bicyclic) bond motifs is 1. The Hall–Kier alpha value is -2.01. The van der Waals surface area contributed by atoms with E-state index >= 15 is 0 Å². The zero-order valence-electron chi connectivity index (χ0n) is 7.33. The molecule has 0 radical (unpaired) electrons. The van der Waals surface area contributed by atoms with Crippen LogP contribution < -0.4 is 4.94 Å². The van der Waals surface area contributed by atoms with E-state index in [1.165, 1.54) is 0 Å². The van der Waals surface area contributed by atoms with Crippen molar-refractivity contribution in [2.24, 2.45) is 0 Å². The topological polar surface area (TPSA) is 9.23 Å². The summed E-state index contributed by atoms with van der Waals surface area (Å²) in [6.07, 6.45) is 5.33. The van der Waals surface area contributed by atoms with Crippen molar-refractivity contribution in [2.45, 2.75) is 0 Å². The Morgan fingerprint density at radius 2 is 2.07 bits per heavy atom. The van der Waals surface area contributed by atoms with Crippen LogP contribution >= 0.6 is 0 Å². The summed E-state index contributed by atoms with van der Waals surface area (Å²) < 4.78 is 11.9. The largest absolute Gasteiger partial charge is 0.294 e. The third kappa shape index (κ3) is 1.29. The van der Waals surface area contributed by atoms with Crippen LogP contribution in [0.3, 0.4) is 0 Å². The monoisotopic (exact) mass is 186 g/mol. The Morgan fingerprint density at radius 1 is 1.21 bits per heavy atom. The zero-order valence-corrected chi connectivity index (χ0v) is 7.33. The Kier molecular flexibility index (Phi) is 2.08. The van der Waals surface area contributed by atoms with Gasteiger partial charge in [-0.15, -0.1) is 6.42 Å². The van der Waals surface area contributed by atoms with E-state index in [1.54, 1.807) is 18.2 Å². The van der Waals surface area contributed by atoms with E-state index in [-0.39, 0.29) is 5.75 Å². The summed E-state index contributed by atoms with van der Waals surface area (Å²) in [7, 11) is 0. The molecule has 0 saturated carbocycles. The van der Waals surface area contributed by atoms with Gasteiger partial charge in [0.25, 0.3) is 0 Å². The number of rotatable bonds is 1. The molecule has 0 aliphatic heterocycles. The van der Waals surface area contributed by atoms with Crippen LogP contribution in [0.2, 0.25) is 0 Å². The van der Waals surface area contributed by atoms with Gasteiger partial charge in [0.05, 0.1) is 0 Å². The van der Waals surface area contributed by atoms with Crippen LogP contribution in [0.4, 0.5) is 4.53 Å². The minimum absolute atomic E-state index is 0.187. The molecule has 0 spiro atoms. The average molecular weight is 186 g/mol. The van der Waals surface area contributed by atoms with E-state index in [1.807, 2.05) is 18.2 Å². The third-order valence-corrected chi connectivity index (χ3v) is 2.10. The fourth-order valence-corrected chi connectivity index (χ4v) is 1.44. The predicted molar refractivity (Wildman–Crippen MR) is 53.6 cm³/mol. The van der Waals surface area contributed by atoms with E-state index in [0.29, 0.717) is 0 Å². The molecule has 0 amide bonds. The van der Waals surface area contributed by atoms with Crippen LogP contribution in [0.1, 0.15) is 5.56 Å². The summed E-state index contributed by atoms with van der Waals surface area (Å²) in [4.78, 5) is 3.64. The van der Waals surface area contributed by atoms with Gasteiger partial charge in [-0.2, -0.15) is 0 Å². The highest BCUT2D eigenvalue weighted by Crippen LogP contribution is 2.23. The molecule has 0 aromatic heterocycles. The first-order valence-corrected chi connectivity index (χ1v) is 4.13. The SMILES string of the molecule is C#Cc1cccc2cc(OF)ccc12. The lowest BCUT2D eigenvalue weighted by atomic mass is 10.1. The van der Waals surface area contributed by atoms with Gasteiger partial charge in [-0.25, -0.2) is 0 Å². The number of halogens is 1. The second kappa shape index (κ2) is 3.39. The van der Waals surface area contributed by atoms with Gasteiger partial charge in [0.15, 0.2) is 5.75 Å². The maximum absolute atomic E-state index is 11.9. The summed E-state index contributed by atoms with van der Waals surface area (Å²) in [5.41, 5.74) is 0.799. The van der Waals surface area contributed by atoms with E-state index in [9.17, 15) is 4.53 Å². The number of benzene rings is 2. The maximum Gasteiger partial charge on any atom is 0.172 e. The summed E-state index contributed by atoms with van der Waals surface area (Å²) >= 11 is 0. The second-order valence-corrected chi connectivity index (χ2v) is 2.91. The molecule has 0 bridgehead atoms. The summed E-state index contributed by atoms with van der Waals surface area (Å²) in [5.74, 6) is 2.76. The molecule has 2 aromatic carbocycles. The molecular formula is C12H7FO. The summed E-state index contributed by atoms with van der Waals surface area (Å²) in [6, 6.07) is 10.4. The van der Waals surface area contributed by atoms with Crippen molar-refractivity contribution in [3.05, 3.63) is 42.0 Å². The minimum atomic E-state index is 0.187. The first-order chi connectivity index (χ1) is 6.85. The maximum atomic E-state index is 11.9. The van der Waals surface area contributed by atoms with Crippen molar-refractivity contribution in [2.75, 3.05) is 0 Å². The lowest BCUT2D eigenvalue weighted by Gasteiger charge is -2.01. The Morgan fingerprint density at radius 3 is 2.79 bits per heavy atom. The van der Waals surface area contributed by atoms with Gasteiger partial charge in [0.1, 0.15) is 0 Å². The molecule has 0 atom stereocenters. The predicted octanol–water partition coefficient (Wildman–Crippen LogP) is 3.08. The van der Waals surface area contributed by atoms with Crippen LogP contribution in [0.5, 0.6) is 5.75 Å². The van der Waals surface area contributed by atoms with E-state index < -0.39 is 0 Å². The minimum Gasteiger partial charge on any atom is -0.294 e. The number of terminal acetylenes is 1. The molecule has 0 aliphatic carbocycles. The highest BCUT2D eigenvalue weighted by atomic mass is 19.3. The first kappa shape index (κ1) is 8.58. The van der Waals surface area contributed by atoms with Crippen LogP contribution in [0, 0.1) is 12.3 Å². The van der Waals surface area contributed by atoms with Crippen molar-refractivity contribution in [3.8, 4) is 18.1 Å². The molecule has 1 nitrogen and oxygen atoms in total. The molecule has 2 aromatic rings. The number of hydrogen-bond donors (Lipinski definition) is 0. The smallest absolute Gasteiger partial charge is 0.172 e. The summed E-state index contributed by atoms with van der Waals surface area (Å²) in [6.45, 7) is 0. The molecule has 0 N–H and O–H groups in total. The van der Waals surface area contributed by atoms with E-state index in [2.05, 4.69) is 10.9 Å². The van der Waals surface area contributed by atoms with Gasteiger partial charge in [-0.1, -0.05) is 18.1 Å². The summed E-state index contributed by atoms with van der Waals surface area (Å²) in [5, 5.41) is 1.80. The molecule has 0 saturated heterocycles. The van der Waals surface area contributed by atoms with Gasteiger partial charge < -0.3 is 0 Å². The lowest BCUT2D eigenvalue weighted by molar-refractivity contribution is -0.00603. The van der Waals surface area contributed by atoms with E-state index in [4.69, 9.17) is 6.42 Å². The average Bonchev–Trinajstić information content (AvgIpc) is 2.27. The Labute approximate surface area is 81.0 Å². The van der Waals surface area contributed by atoms with Gasteiger partial charge in [0.2, 0.25) is 0 Å². The Balaban J connectivity index is 2.75. The van der Waals surface area contributed by atoms with Gasteiger partial charge in [-0.05, 0) is 35.0 Å². The second-order valence-electron chi connectivity index (χ2n) is 2.91. The first-order valence-electron chi connectivity index (χ1n) is 4.13. The standard InChI is InChI=1S/C12H7FO/c1-2-9-4-3-5-10-8-11(14-13)6-7-12(9)10/h1,3-8H. The fraction of sp³-hybridized carbons (Fsp3) is 0. The molecule has 0 unspecified atom stereocenters. The molecule has 14 heavy (non-hydrogen) atoms. The quantitative estimate of drug-likeness (QED) is 0.622. The van der Waals surface area contributed by atoms with E-state index in [0.717, 1.165) is 16.3 Å². The molecule has 2 rings (SSSR count). The lowest BCUT2D eigenvalue weighted by Crippen LogP contribution is -1.81. The molecule has 0 heterocycles. The fourth-order valence-electron chi connectivity index (χ4n) is 1.44. The normalized spacial score (nSPS) is 9.71. The highest BCUT2D eigenvalue weighted by molar-refractivity contribution is 5.89. The molecule has 0 aliphatic rings. The van der Waals surface area contributed by atoms with Crippen LogP contribution in [0.25, 0.3) is 10.8 Å². The number of hydrogen-bond acceptors (Lipinski definition) is 1. The Bertz CT molecular complexity index is 511. The van der Waals surface area contributed by atoms with Crippen LogP contribution in [-0.2, 0) is 0 Å². The van der Waals surface area contributed by atoms with Crippen molar-refractivity contribution in [3.63, 3.8) is 0 Å². The third-order valence-electron chi connectivity index (χ3n) is 2.10. The van der Waals surface area contributed by atoms with Crippen molar-refractivity contribution >= 4 is 10.8 Å². The van der Waals surface area contributed by atoms with Gasteiger partial charge >= 0.3 is 0 Å². The van der Waals surface area contributed by atoms with Crippen LogP contribution in [0.15, 0.2) is 36.4 Å². The molecule has 68 valence electrons. The van der Waals surface area contributed by atoms with Gasteiger partial charge in [-0.3, -0.25) is 4.94 Å². The molecule has 0 fully saturated rings.